The highest BCUT2D eigenvalue weighted by atomic mass is 16.5. The van der Waals surface area contributed by atoms with Gasteiger partial charge in [0.1, 0.15) is 12.9 Å². The Morgan fingerprint density at radius 2 is 1.97 bits per heavy atom. The van der Waals surface area contributed by atoms with E-state index in [0.717, 1.165) is 49.1 Å². The van der Waals surface area contributed by atoms with Crippen molar-refractivity contribution in [3.8, 4) is 5.82 Å². The number of likely N-dealkylation sites (tertiary alicyclic amines) is 1. The van der Waals surface area contributed by atoms with Crippen molar-refractivity contribution in [3.05, 3.63) is 34.9 Å². The van der Waals surface area contributed by atoms with Crippen LogP contribution < -0.4 is 5.32 Å². The molecule has 4 heterocycles. The standard InChI is InChI=1S/C22H28N8O3/c1-13-10-18(30-12-23-27-28-30)25-26-19(13)15(3)24-16-4-6-22(7-5-16)8-9-29(21(22)32)17-11-33-20(31)14(17)2/h10,12,15-16,24H,4-9,11H2,1-3H3. The number of cyclic esters (lactones) is 1. The van der Waals surface area contributed by atoms with Gasteiger partial charge in [0.05, 0.1) is 22.4 Å². The van der Waals surface area contributed by atoms with E-state index in [0.29, 0.717) is 24.0 Å². The van der Waals surface area contributed by atoms with Gasteiger partial charge in [-0.1, -0.05) is 0 Å². The first kappa shape index (κ1) is 21.6. The number of nitrogens with one attached hydrogen (secondary N) is 1. The Morgan fingerprint density at radius 3 is 2.61 bits per heavy atom. The van der Waals surface area contributed by atoms with Gasteiger partial charge in [-0.05, 0) is 74.9 Å². The average Bonchev–Trinajstić information content (AvgIpc) is 3.53. The predicted octanol–water partition coefficient (Wildman–Crippen LogP) is 1.40. The molecule has 2 aliphatic heterocycles. The molecule has 2 aromatic heterocycles. The summed E-state index contributed by atoms with van der Waals surface area (Å²) < 4.78 is 6.60. The van der Waals surface area contributed by atoms with Gasteiger partial charge in [-0.3, -0.25) is 4.79 Å². The molecule has 174 valence electrons. The number of aryl methyl sites for hydroxylation is 1. The van der Waals surface area contributed by atoms with Gasteiger partial charge in [-0.25, -0.2) is 4.79 Å². The molecule has 1 amide bonds. The van der Waals surface area contributed by atoms with Crippen LogP contribution in [0.2, 0.25) is 0 Å². The van der Waals surface area contributed by atoms with Crippen LogP contribution in [0.3, 0.4) is 0 Å². The number of amides is 1. The number of aromatic nitrogens is 6. The molecule has 1 spiro atoms. The van der Waals surface area contributed by atoms with E-state index in [1.54, 1.807) is 11.8 Å². The van der Waals surface area contributed by atoms with Gasteiger partial charge >= 0.3 is 5.97 Å². The monoisotopic (exact) mass is 452 g/mol. The third-order valence-electron chi connectivity index (χ3n) is 7.35. The smallest absolute Gasteiger partial charge is 0.336 e. The lowest BCUT2D eigenvalue weighted by Gasteiger charge is -2.37. The molecule has 1 atom stereocenters. The molecular formula is C22H28N8O3. The quantitative estimate of drug-likeness (QED) is 0.670. The Hall–Kier alpha value is -3.21. The lowest BCUT2D eigenvalue weighted by Crippen LogP contribution is -2.43. The Kier molecular flexibility index (Phi) is 5.43. The van der Waals surface area contributed by atoms with Crippen molar-refractivity contribution in [1.29, 1.82) is 0 Å². The Morgan fingerprint density at radius 1 is 1.18 bits per heavy atom. The van der Waals surface area contributed by atoms with Crippen LogP contribution in [0.4, 0.5) is 0 Å². The first-order chi connectivity index (χ1) is 15.9. The molecule has 11 nitrogen and oxygen atoms in total. The summed E-state index contributed by atoms with van der Waals surface area (Å²) in [6.07, 6.45) is 5.86. The van der Waals surface area contributed by atoms with Crippen LogP contribution in [-0.2, 0) is 14.3 Å². The fraction of sp³-hybridized carbons (Fsp3) is 0.591. The zero-order chi connectivity index (χ0) is 23.2. The third kappa shape index (κ3) is 3.79. The second-order valence-corrected chi connectivity index (χ2v) is 9.32. The molecule has 1 aliphatic carbocycles. The number of hydrogen-bond acceptors (Lipinski definition) is 9. The van der Waals surface area contributed by atoms with Crippen LogP contribution in [0, 0.1) is 12.3 Å². The zero-order valence-corrected chi connectivity index (χ0v) is 19.1. The van der Waals surface area contributed by atoms with E-state index in [1.165, 1.54) is 11.0 Å². The number of carbonyl (C=O) groups excluding carboxylic acids is 2. The van der Waals surface area contributed by atoms with Crippen LogP contribution in [0.1, 0.15) is 63.3 Å². The molecule has 1 saturated carbocycles. The first-order valence-corrected chi connectivity index (χ1v) is 11.4. The molecule has 0 bridgehead atoms. The summed E-state index contributed by atoms with van der Waals surface area (Å²) >= 11 is 0. The van der Waals surface area contributed by atoms with E-state index in [2.05, 4.69) is 38.0 Å². The highest BCUT2D eigenvalue weighted by molar-refractivity contribution is 5.94. The molecular weight excluding hydrogens is 424 g/mol. The number of hydrogen-bond donors (Lipinski definition) is 1. The third-order valence-corrected chi connectivity index (χ3v) is 7.35. The summed E-state index contributed by atoms with van der Waals surface area (Å²) in [5.41, 5.74) is 2.90. The van der Waals surface area contributed by atoms with Gasteiger partial charge in [-0.15, -0.1) is 10.2 Å². The molecule has 1 N–H and O–H groups in total. The van der Waals surface area contributed by atoms with Crippen molar-refractivity contribution < 1.29 is 14.3 Å². The highest BCUT2D eigenvalue weighted by Gasteiger charge is 2.50. The van der Waals surface area contributed by atoms with Gasteiger partial charge in [-0.2, -0.15) is 9.78 Å². The second kappa shape index (κ2) is 8.29. The Bertz CT molecular complexity index is 1100. The molecule has 3 aliphatic rings. The van der Waals surface area contributed by atoms with Crippen LogP contribution in [-0.4, -0.2) is 66.4 Å². The molecule has 0 radical (unpaired) electrons. The summed E-state index contributed by atoms with van der Waals surface area (Å²) in [4.78, 5) is 26.8. The van der Waals surface area contributed by atoms with Crippen molar-refractivity contribution in [2.45, 2.75) is 65.0 Å². The highest BCUT2D eigenvalue weighted by Crippen LogP contribution is 2.46. The molecule has 33 heavy (non-hydrogen) atoms. The summed E-state index contributed by atoms with van der Waals surface area (Å²) in [7, 11) is 0. The minimum Gasteiger partial charge on any atom is -0.456 e. The molecule has 2 aromatic rings. The van der Waals surface area contributed by atoms with E-state index >= 15 is 0 Å². The summed E-state index contributed by atoms with van der Waals surface area (Å²) in [5, 5.41) is 23.5. The maximum absolute atomic E-state index is 13.3. The number of ether oxygens (including phenoxy) is 1. The SMILES string of the molecule is CC1=C(N2CCC3(CCC(NC(C)c4nnc(-n5cnnn5)cc4C)CC3)C2=O)COC1=O. The van der Waals surface area contributed by atoms with Crippen molar-refractivity contribution in [3.63, 3.8) is 0 Å². The van der Waals surface area contributed by atoms with Crippen molar-refractivity contribution in [2.24, 2.45) is 5.41 Å². The average molecular weight is 453 g/mol. The largest absolute Gasteiger partial charge is 0.456 e. The first-order valence-electron chi connectivity index (χ1n) is 11.4. The van der Waals surface area contributed by atoms with Crippen molar-refractivity contribution >= 4 is 11.9 Å². The van der Waals surface area contributed by atoms with Crippen LogP contribution >= 0.6 is 0 Å². The summed E-state index contributed by atoms with van der Waals surface area (Å²) in [6.45, 7) is 6.71. The van der Waals surface area contributed by atoms with Crippen LogP contribution in [0.5, 0.6) is 0 Å². The number of rotatable bonds is 5. The van der Waals surface area contributed by atoms with Gasteiger partial charge < -0.3 is 15.0 Å². The second-order valence-electron chi connectivity index (χ2n) is 9.32. The molecule has 11 heteroatoms. The fourth-order valence-electron chi connectivity index (χ4n) is 5.35. The number of carbonyl (C=O) groups is 2. The lowest BCUT2D eigenvalue weighted by atomic mass is 9.71. The maximum Gasteiger partial charge on any atom is 0.336 e. The van der Waals surface area contributed by atoms with E-state index in [-0.39, 0.29) is 29.9 Å². The van der Waals surface area contributed by atoms with E-state index < -0.39 is 0 Å². The van der Waals surface area contributed by atoms with Crippen LogP contribution in [0.15, 0.2) is 23.7 Å². The topological polar surface area (TPSA) is 128 Å². The molecule has 1 unspecified atom stereocenters. The number of esters is 1. The van der Waals surface area contributed by atoms with Crippen molar-refractivity contribution in [2.75, 3.05) is 13.2 Å². The van der Waals surface area contributed by atoms with E-state index in [9.17, 15) is 9.59 Å². The molecule has 2 fully saturated rings. The lowest BCUT2D eigenvalue weighted by molar-refractivity contribution is -0.138. The van der Waals surface area contributed by atoms with Gasteiger partial charge in [0.15, 0.2) is 5.82 Å². The summed E-state index contributed by atoms with van der Waals surface area (Å²) in [5.74, 6) is 0.420. The normalized spacial score (nSPS) is 26.4. The number of nitrogens with zero attached hydrogens (tertiary/aromatic N) is 7. The molecule has 5 rings (SSSR count). The minimum atomic E-state index is -0.316. The fourth-order valence-corrected chi connectivity index (χ4v) is 5.35. The zero-order valence-electron chi connectivity index (χ0n) is 19.1. The Balaban J connectivity index is 1.21. The maximum atomic E-state index is 13.3. The summed E-state index contributed by atoms with van der Waals surface area (Å²) in [6, 6.07) is 2.27. The molecule has 1 saturated heterocycles. The Labute approximate surface area is 191 Å². The molecule has 0 aromatic carbocycles. The van der Waals surface area contributed by atoms with Gasteiger partial charge in [0, 0.05) is 18.6 Å². The van der Waals surface area contributed by atoms with Gasteiger partial charge in [0.2, 0.25) is 5.91 Å². The van der Waals surface area contributed by atoms with Crippen LogP contribution in [0.25, 0.3) is 5.82 Å². The van der Waals surface area contributed by atoms with Crippen molar-refractivity contribution in [1.82, 2.24) is 40.6 Å². The van der Waals surface area contributed by atoms with E-state index in [1.807, 2.05) is 13.0 Å². The predicted molar refractivity (Wildman–Crippen MR) is 116 cm³/mol. The van der Waals surface area contributed by atoms with E-state index in [4.69, 9.17) is 4.74 Å². The minimum absolute atomic E-state index is 0.0321. The van der Waals surface area contributed by atoms with Gasteiger partial charge in [0.25, 0.3) is 0 Å². The number of tetrazole rings is 1.